The summed E-state index contributed by atoms with van der Waals surface area (Å²) in [6, 6.07) is 0. The molecule has 0 aromatic carbocycles. The van der Waals surface area contributed by atoms with Gasteiger partial charge in [0.15, 0.2) is 5.54 Å². The van der Waals surface area contributed by atoms with Gasteiger partial charge >= 0.3 is 5.97 Å². The number of aromatic nitrogens is 2. The Kier molecular flexibility index (Phi) is 4.62. The molecule has 1 aromatic rings. The molecular weight excluding hydrogens is 274 g/mol. The number of carboxylic acids is 1. The van der Waals surface area contributed by atoms with Gasteiger partial charge in [-0.2, -0.15) is 5.10 Å². The molecule has 1 saturated heterocycles. The number of rotatable bonds is 5. The van der Waals surface area contributed by atoms with Crippen molar-refractivity contribution >= 4 is 17.6 Å². The summed E-state index contributed by atoms with van der Waals surface area (Å²) in [5.74, 6) is -1.13. The summed E-state index contributed by atoms with van der Waals surface area (Å²) in [6.07, 6.45) is 6.30. The van der Waals surface area contributed by atoms with Gasteiger partial charge in [0.25, 0.3) is 0 Å². The van der Waals surface area contributed by atoms with Crippen molar-refractivity contribution in [2.75, 3.05) is 11.9 Å². The van der Waals surface area contributed by atoms with Crippen molar-refractivity contribution in [3.63, 3.8) is 0 Å². The van der Waals surface area contributed by atoms with Gasteiger partial charge in [0.1, 0.15) is 0 Å². The Balaban J connectivity index is 1.92. The van der Waals surface area contributed by atoms with E-state index in [4.69, 9.17) is 9.84 Å². The number of nitrogens with zero attached hydrogens (tertiary/aromatic N) is 2. The zero-order valence-corrected chi connectivity index (χ0v) is 12.3. The first-order valence-electron chi connectivity index (χ1n) is 7.09. The van der Waals surface area contributed by atoms with Crippen LogP contribution in [0.4, 0.5) is 5.69 Å². The van der Waals surface area contributed by atoms with Crippen LogP contribution in [-0.4, -0.2) is 39.5 Å². The van der Waals surface area contributed by atoms with E-state index in [1.54, 1.807) is 13.8 Å². The van der Waals surface area contributed by atoms with Gasteiger partial charge in [0.2, 0.25) is 5.91 Å². The van der Waals surface area contributed by atoms with E-state index in [0.717, 1.165) is 19.3 Å². The van der Waals surface area contributed by atoms with Crippen LogP contribution in [0, 0.1) is 0 Å². The van der Waals surface area contributed by atoms with Crippen LogP contribution in [0.2, 0.25) is 0 Å². The van der Waals surface area contributed by atoms with E-state index in [9.17, 15) is 9.59 Å². The lowest BCUT2D eigenvalue weighted by molar-refractivity contribution is -0.146. The zero-order chi connectivity index (χ0) is 15.5. The number of carboxylic acid groups (broad SMARTS) is 1. The Morgan fingerprint density at radius 3 is 2.90 bits per heavy atom. The van der Waals surface area contributed by atoms with E-state index >= 15 is 0 Å². The third-order valence-corrected chi connectivity index (χ3v) is 3.65. The van der Waals surface area contributed by atoms with Gasteiger partial charge in [0, 0.05) is 12.8 Å². The molecule has 1 atom stereocenters. The molecule has 7 nitrogen and oxygen atoms in total. The van der Waals surface area contributed by atoms with Crippen LogP contribution in [0.3, 0.4) is 0 Å². The fourth-order valence-electron chi connectivity index (χ4n) is 2.18. The lowest BCUT2D eigenvalue weighted by Gasteiger charge is -2.21. The molecule has 0 spiro atoms. The van der Waals surface area contributed by atoms with E-state index in [-0.39, 0.29) is 12.0 Å². The van der Waals surface area contributed by atoms with E-state index in [0.29, 0.717) is 18.7 Å². The lowest BCUT2D eigenvalue weighted by Crippen LogP contribution is -2.35. The van der Waals surface area contributed by atoms with Crippen LogP contribution in [-0.2, 0) is 19.9 Å². The quantitative estimate of drug-likeness (QED) is 0.860. The van der Waals surface area contributed by atoms with Crippen molar-refractivity contribution in [3.8, 4) is 0 Å². The largest absolute Gasteiger partial charge is 0.479 e. The molecule has 0 radical (unpaired) electrons. The molecule has 1 fully saturated rings. The van der Waals surface area contributed by atoms with Gasteiger partial charge in [-0.25, -0.2) is 4.79 Å². The van der Waals surface area contributed by atoms with Crippen LogP contribution in [0.5, 0.6) is 0 Å². The van der Waals surface area contributed by atoms with Gasteiger partial charge in [-0.1, -0.05) is 0 Å². The first-order valence-corrected chi connectivity index (χ1v) is 7.09. The van der Waals surface area contributed by atoms with Gasteiger partial charge in [-0.15, -0.1) is 0 Å². The minimum atomic E-state index is -1.16. The Morgan fingerprint density at radius 1 is 1.52 bits per heavy atom. The molecule has 7 heteroatoms. The van der Waals surface area contributed by atoms with Crippen molar-refractivity contribution < 1.29 is 19.4 Å². The van der Waals surface area contributed by atoms with Crippen LogP contribution < -0.4 is 5.32 Å². The Morgan fingerprint density at radius 2 is 2.29 bits per heavy atom. The monoisotopic (exact) mass is 295 g/mol. The number of amides is 1. The number of carbonyl (C=O) groups excluding carboxylic acids is 1. The molecule has 0 saturated carbocycles. The van der Waals surface area contributed by atoms with Gasteiger partial charge in [0.05, 0.1) is 24.4 Å². The highest BCUT2D eigenvalue weighted by atomic mass is 16.5. The molecule has 2 N–H and O–H groups in total. The zero-order valence-electron chi connectivity index (χ0n) is 12.3. The molecule has 1 aromatic heterocycles. The predicted octanol–water partition coefficient (Wildman–Crippen LogP) is 1.60. The van der Waals surface area contributed by atoms with E-state index < -0.39 is 11.5 Å². The summed E-state index contributed by atoms with van der Waals surface area (Å²) in [4.78, 5) is 23.1. The second-order valence-corrected chi connectivity index (χ2v) is 5.78. The van der Waals surface area contributed by atoms with Crippen molar-refractivity contribution in [1.82, 2.24) is 9.78 Å². The Labute approximate surface area is 123 Å². The Hall–Kier alpha value is -1.89. The SMILES string of the molecule is CC(C)(C(=O)O)n1cc(NC(=O)CC2CCCCO2)cn1. The third-order valence-electron chi connectivity index (χ3n) is 3.65. The molecule has 1 aliphatic heterocycles. The maximum atomic E-state index is 11.9. The number of ether oxygens (including phenoxy) is 1. The number of hydrogen-bond donors (Lipinski definition) is 2. The van der Waals surface area contributed by atoms with Crippen molar-refractivity contribution in [1.29, 1.82) is 0 Å². The van der Waals surface area contributed by atoms with Gasteiger partial charge in [-0.3, -0.25) is 9.48 Å². The summed E-state index contributed by atoms with van der Waals surface area (Å²) in [5, 5.41) is 15.9. The highest BCUT2D eigenvalue weighted by Gasteiger charge is 2.30. The van der Waals surface area contributed by atoms with Crippen molar-refractivity contribution in [2.24, 2.45) is 0 Å². The molecule has 1 unspecified atom stereocenters. The smallest absolute Gasteiger partial charge is 0.331 e. The van der Waals surface area contributed by atoms with Gasteiger partial charge < -0.3 is 15.2 Å². The number of anilines is 1. The summed E-state index contributed by atoms with van der Waals surface area (Å²) < 4.78 is 6.84. The number of nitrogens with one attached hydrogen (secondary N) is 1. The molecule has 1 amide bonds. The maximum absolute atomic E-state index is 11.9. The van der Waals surface area contributed by atoms with Gasteiger partial charge in [-0.05, 0) is 33.1 Å². The number of hydrogen-bond acceptors (Lipinski definition) is 4. The third kappa shape index (κ3) is 3.81. The van der Waals surface area contributed by atoms with Crippen molar-refractivity contribution in [2.45, 2.75) is 51.2 Å². The van der Waals surface area contributed by atoms with E-state index in [1.165, 1.54) is 17.1 Å². The highest BCUT2D eigenvalue weighted by Crippen LogP contribution is 2.19. The first-order chi connectivity index (χ1) is 9.89. The molecule has 0 aliphatic carbocycles. The second kappa shape index (κ2) is 6.26. The standard InChI is InChI=1S/C14H21N3O4/c1-14(2,13(19)20)17-9-10(8-15-17)16-12(18)7-11-5-3-4-6-21-11/h8-9,11H,3-7H2,1-2H3,(H,16,18)(H,19,20). The maximum Gasteiger partial charge on any atom is 0.331 e. The number of aliphatic carboxylic acids is 1. The average molecular weight is 295 g/mol. The normalized spacial score (nSPS) is 19.2. The average Bonchev–Trinajstić information content (AvgIpc) is 2.88. The summed E-state index contributed by atoms with van der Waals surface area (Å²) in [6.45, 7) is 3.80. The molecule has 0 bridgehead atoms. The Bertz CT molecular complexity index is 518. The minimum absolute atomic E-state index is 0.0238. The van der Waals surface area contributed by atoms with Crippen molar-refractivity contribution in [3.05, 3.63) is 12.4 Å². The highest BCUT2D eigenvalue weighted by molar-refractivity contribution is 5.90. The minimum Gasteiger partial charge on any atom is -0.479 e. The molecular formula is C14H21N3O4. The second-order valence-electron chi connectivity index (χ2n) is 5.78. The molecule has 2 rings (SSSR count). The van der Waals surface area contributed by atoms with Crippen LogP contribution in [0.1, 0.15) is 39.5 Å². The lowest BCUT2D eigenvalue weighted by atomic mass is 10.1. The van der Waals surface area contributed by atoms with E-state index in [2.05, 4.69) is 10.4 Å². The fourth-order valence-corrected chi connectivity index (χ4v) is 2.18. The molecule has 116 valence electrons. The molecule has 1 aliphatic rings. The topological polar surface area (TPSA) is 93.5 Å². The number of carbonyl (C=O) groups is 2. The van der Waals surface area contributed by atoms with Crippen LogP contribution in [0.15, 0.2) is 12.4 Å². The van der Waals surface area contributed by atoms with Crippen LogP contribution in [0.25, 0.3) is 0 Å². The van der Waals surface area contributed by atoms with Crippen LogP contribution >= 0.6 is 0 Å². The summed E-state index contributed by atoms with van der Waals surface area (Å²) >= 11 is 0. The predicted molar refractivity (Wildman–Crippen MR) is 76.0 cm³/mol. The molecule has 21 heavy (non-hydrogen) atoms. The van der Waals surface area contributed by atoms with E-state index in [1.807, 2.05) is 0 Å². The summed E-state index contributed by atoms with van der Waals surface area (Å²) in [5.41, 5.74) is -0.666. The molecule has 2 heterocycles. The fraction of sp³-hybridized carbons (Fsp3) is 0.643. The summed E-state index contributed by atoms with van der Waals surface area (Å²) in [7, 11) is 0. The first kappa shape index (κ1) is 15.5.